The fraction of sp³-hybridized carbons (Fsp3) is 0.909. The first kappa shape index (κ1) is 12.5. The largest absolute Gasteiger partial charge is 0.395 e. The summed E-state index contributed by atoms with van der Waals surface area (Å²) in [5.41, 5.74) is 0. The lowest BCUT2D eigenvalue weighted by Gasteiger charge is -2.23. The van der Waals surface area contributed by atoms with Gasteiger partial charge in [0.1, 0.15) is 0 Å². The molecule has 0 aromatic rings. The average molecular weight is 214 g/mol. The quantitative estimate of drug-likeness (QED) is 0.732. The topological polar surface area (TPSA) is 43.8 Å². The van der Waals surface area contributed by atoms with E-state index < -0.39 is 0 Å². The number of nitrogens with zero attached hydrogens (tertiary/aromatic N) is 2. The summed E-state index contributed by atoms with van der Waals surface area (Å²) in [5.74, 6) is 0.202. The van der Waals surface area contributed by atoms with E-state index in [9.17, 15) is 4.79 Å². The summed E-state index contributed by atoms with van der Waals surface area (Å²) in [4.78, 5) is 15.7. The third-order valence-electron chi connectivity index (χ3n) is 2.85. The van der Waals surface area contributed by atoms with Crippen molar-refractivity contribution in [3.8, 4) is 0 Å². The smallest absolute Gasteiger partial charge is 0.236 e. The van der Waals surface area contributed by atoms with Gasteiger partial charge in [0.2, 0.25) is 5.91 Å². The molecule has 88 valence electrons. The van der Waals surface area contributed by atoms with Gasteiger partial charge in [-0.05, 0) is 19.9 Å². The minimum atomic E-state index is 0.115. The normalized spacial score (nSPS) is 17.9. The maximum absolute atomic E-state index is 11.8. The molecule has 1 rings (SSSR count). The first-order chi connectivity index (χ1) is 7.24. The van der Waals surface area contributed by atoms with E-state index in [0.29, 0.717) is 13.1 Å². The summed E-state index contributed by atoms with van der Waals surface area (Å²) in [5, 5.41) is 8.74. The number of likely N-dealkylation sites (tertiary alicyclic amines) is 1. The fourth-order valence-electron chi connectivity index (χ4n) is 1.90. The second-order valence-electron chi connectivity index (χ2n) is 4.26. The van der Waals surface area contributed by atoms with Crippen molar-refractivity contribution in [1.29, 1.82) is 0 Å². The Morgan fingerprint density at radius 1 is 1.27 bits per heavy atom. The Balaban J connectivity index is 2.30. The van der Waals surface area contributed by atoms with E-state index in [1.54, 1.807) is 0 Å². The number of carbonyl (C=O) groups is 1. The minimum absolute atomic E-state index is 0.115. The molecule has 0 radical (unpaired) electrons. The van der Waals surface area contributed by atoms with Gasteiger partial charge in [-0.1, -0.05) is 12.8 Å². The number of hydrogen-bond donors (Lipinski definition) is 1. The molecule has 1 aliphatic heterocycles. The number of aliphatic hydroxyl groups excluding tert-OH is 1. The highest BCUT2D eigenvalue weighted by atomic mass is 16.3. The zero-order valence-electron chi connectivity index (χ0n) is 9.61. The molecule has 0 aromatic heterocycles. The fourth-order valence-corrected chi connectivity index (χ4v) is 1.90. The van der Waals surface area contributed by atoms with Crippen molar-refractivity contribution in [2.75, 3.05) is 39.8 Å². The van der Waals surface area contributed by atoms with Crippen LogP contribution in [0.3, 0.4) is 0 Å². The van der Waals surface area contributed by atoms with Gasteiger partial charge in [-0.25, -0.2) is 0 Å². The summed E-state index contributed by atoms with van der Waals surface area (Å²) in [6.07, 6.45) is 4.76. The summed E-state index contributed by atoms with van der Waals surface area (Å²) in [7, 11) is 1.87. The van der Waals surface area contributed by atoms with Crippen LogP contribution >= 0.6 is 0 Å². The van der Waals surface area contributed by atoms with Crippen LogP contribution < -0.4 is 0 Å². The van der Waals surface area contributed by atoms with Gasteiger partial charge in [0.15, 0.2) is 0 Å². The minimum Gasteiger partial charge on any atom is -0.395 e. The van der Waals surface area contributed by atoms with E-state index in [2.05, 4.69) is 0 Å². The Labute approximate surface area is 91.9 Å². The molecular weight excluding hydrogens is 192 g/mol. The number of aliphatic hydroxyl groups is 1. The first-order valence-electron chi connectivity index (χ1n) is 5.81. The summed E-state index contributed by atoms with van der Waals surface area (Å²) >= 11 is 0. The Kier molecular flexibility index (Phi) is 5.65. The molecule has 0 unspecified atom stereocenters. The van der Waals surface area contributed by atoms with E-state index >= 15 is 0 Å². The second-order valence-corrected chi connectivity index (χ2v) is 4.26. The molecule has 1 heterocycles. The molecule has 0 aliphatic carbocycles. The van der Waals surface area contributed by atoms with Crippen molar-refractivity contribution in [3.05, 3.63) is 0 Å². The lowest BCUT2D eigenvalue weighted by molar-refractivity contribution is -0.132. The standard InChI is InChI=1S/C11H22N2O2/c1-12(8-9-14)10-11(15)13-6-4-2-3-5-7-13/h14H,2-10H2,1H3. The predicted octanol–water partition coefficient (Wildman–Crippen LogP) is 0.313. The van der Waals surface area contributed by atoms with Crippen molar-refractivity contribution < 1.29 is 9.90 Å². The molecule has 4 heteroatoms. The highest BCUT2D eigenvalue weighted by Gasteiger charge is 2.16. The molecule has 1 aliphatic rings. The van der Waals surface area contributed by atoms with Crippen molar-refractivity contribution >= 4 is 5.91 Å². The van der Waals surface area contributed by atoms with Crippen LogP contribution in [-0.4, -0.2) is 60.6 Å². The van der Waals surface area contributed by atoms with Gasteiger partial charge in [-0.15, -0.1) is 0 Å². The third-order valence-corrected chi connectivity index (χ3v) is 2.85. The van der Waals surface area contributed by atoms with Gasteiger partial charge < -0.3 is 10.0 Å². The summed E-state index contributed by atoms with van der Waals surface area (Å²) in [6, 6.07) is 0. The predicted molar refractivity (Wildman–Crippen MR) is 59.6 cm³/mol. The number of hydrogen-bond acceptors (Lipinski definition) is 3. The number of amides is 1. The monoisotopic (exact) mass is 214 g/mol. The third kappa shape index (κ3) is 4.62. The number of carbonyl (C=O) groups excluding carboxylic acids is 1. The van der Waals surface area contributed by atoms with E-state index in [-0.39, 0.29) is 12.5 Å². The lowest BCUT2D eigenvalue weighted by atomic mass is 10.2. The van der Waals surface area contributed by atoms with E-state index in [4.69, 9.17) is 5.11 Å². The molecule has 0 atom stereocenters. The summed E-state index contributed by atoms with van der Waals surface area (Å²) < 4.78 is 0. The van der Waals surface area contributed by atoms with Crippen molar-refractivity contribution in [2.24, 2.45) is 0 Å². The van der Waals surface area contributed by atoms with Crippen molar-refractivity contribution in [2.45, 2.75) is 25.7 Å². The van der Waals surface area contributed by atoms with Gasteiger partial charge in [-0.3, -0.25) is 9.69 Å². The van der Waals surface area contributed by atoms with Crippen molar-refractivity contribution in [3.63, 3.8) is 0 Å². The zero-order valence-corrected chi connectivity index (χ0v) is 9.61. The van der Waals surface area contributed by atoms with Gasteiger partial charge in [0.05, 0.1) is 13.2 Å². The Morgan fingerprint density at radius 3 is 2.40 bits per heavy atom. The summed E-state index contributed by atoms with van der Waals surface area (Å²) in [6.45, 7) is 2.93. The molecule has 0 aromatic carbocycles. The van der Waals surface area contributed by atoms with Gasteiger partial charge in [0.25, 0.3) is 0 Å². The number of rotatable bonds is 4. The van der Waals surface area contributed by atoms with Gasteiger partial charge in [0, 0.05) is 19.6 Å². The lowest BCUT2D eigenvalue weighted by Crippen LogP contribution is -2.40. The Bertz CT molecular complexity index is 189. The van der Waals surface area contributed by atoms with Crippen LogP contribution in [0.5, 0.6) is 0 Å². The van der Waals surface area contributed by atoms with Gasteiger partial charge >= 0.3 is 0 Å². The molecule has 0 spiro atoms. The van der Waals surface area contributed by atoms with Crippen LogP contribution in [0.2, 0.25) is 0 Å². The zero-order chi connectivity index (χ0) is 11.1. The Morgan fingerprint density at radius 2 is 1.87 bits per heavy atom. The highest BCUT2D eigenvalue weighted by molar-refractivity contribution is 5.78. The van der Waals surface area contributed by atoms with Crippen molar-refractivity contribution in [1.82, 2.24) is 9.80 Å². The maximum Gasteiger partial charge on any atom is 0.236 e. The molecule has 0 saturated carbocycles. The second kappa shape index (κ2) is 6.80. The van der Waals surface area contributed by atoms with Crippen LogP contribution in [0.1, 0.15) is 25.7 Å². The van der Waals surface area contributed by atoms with E-state index in [1.165, 1.54) is 12.8 Å². The van der Waals surface area contributed by atoms with Crippen LogP contribution in [0.15, 0.2) is 0 Å². The van der Waals surface area contributed by atoms with Crippen LogP contribution in [0.25, 0.3) is 0 Å². The van der Waals surface area contributed by atoms with Crippen LogP contribution in [-0.2, 0) is 4.79 Å². The molecular formula is C11H22N2O2. The molecule has 1 fully saturated rings. The van der Waals surface area contributed by atoms with Gasteiger partial charge in [-0.2, -0.15) is 0 Å². The van der Waals surface area contributed by atoms with Crippen LogP contribution in [0.4, 0.5) is 0 Å². The molecule has 1 N–H and O–H groups in total. The molecule has 15 heavy (non-hydrogen) atoms. The SMILES string of the molecule is CN(CCO)CC(=O)N1CCCCCC1. The van der Waals surface area contributed by atoms with E-state index in [1.807, 2.05) is 16.8 Å². The molecule has 1 saturated heterocycles. The molecule has 4 nitrogen and oxygen atoms in total. The Hall–Kier alpha value is -0.610. The first-order valence-corrected chi connectivity index (χ1v) is 5.81. The maximum atomic E-state index is 11.8. The van der Waals surface area contributed by atoms with E-state index in [0.717, 1.165) is 25.9 Å². The molecule has 1 amide bonds. The van der Waals surface area contributed by atoms with Crippen LogP contribution in [0, 0.1) is 0 Å². The number of likely N-dealkylation sites (N-methyl/N-ethyl adjacent to an activating group) is 1. The molecule has 0 bridgehead atoms. The average Bonchev–Trinajstić information content (AvgIpc) is 2.45. The highest BCUT2D eigenvalue weighted by Crippen LogP contribution is 2.09.